The number of nitrogens with two attached hydrogens (primary N) is 2. The van der Waals surface area contributed by atoms with Gasteiger partial charge in [-0.3, -0.25) is 4.57 Å². The molecule has 0 aromatic carbocycles. The summed E-state index contributed by atoms with van der Waals surface area (Å²) in [6.45, 7) is -0.462. The molecule has 1 unspecified atom stereocenters. The van der Waals surface area contributed by atoms with Crippen LogP contribution in [0.25, 0.3) is 11.2 Å². The summed E-state index contributed by atoms with van der Waals surface area (Å²) < 4.78 is 18.2. The third-order valence-corrected chi connectivity index (χ3v) is 4.05. The summed E-state index contributed by atoms with van der Waals surface area (Å²) in [5, 5.41) is 34.2. The van der Waals surface area contributed by atoms with Crippen LogP contribution >= 0.6 is 0 Å². The Bertz CT molecular complexity index is 696. The number of nitrogens with zero attached hydrogens (tertiary/aromatic N) is 4. The van der Waals surface area contributed by atoms with Gasteiger partial charge < -0.3 is 30.3 Å². The van der Waals surface area contributed by atoms with Crippen molar-refractivity contribution in [3.63, 3.8) is 0 Å². The van der Waals surface area contributed by atoms with E-state index in [0.717, 1.165) is 0 Å². The third-order valence-electron chi connectivity index (χ3n) is 3.39. The number of aliphatic hydroxyl groups excluding tert-OH is 3. The highest BCUT2D eigenvalue weighted by molar-refractivity contribution is 7.89. The van der Waals surface area contributed by atoms with Crippen LogP contribution in [0.1, 0.15) is 6.23 Å². The predicted molar refractivity (Wildman–Crippen MR) is 73.3 cm³/mol. The third kappa shape index (κ3) is 2.30. The van der Waals surface area contributed by atoms with Gasteiger partial charge in [-0.2, -0.15) is 9.97 Å². The minimum atomic E-state index is -1.93. The fourth-order valence-electron chi connectivity index (χ4n) is 2.34. The normalized spacial score (nSPS) is 30.0. The van der Waals surface area contributed by atoms with Crippen LogP contribution in [0.4, 0.5) is 5.95 Å². The molecule has 0 saturated carbocycles. The molecule has 3 heterocycles. The first-order chi connectivity index (χ1) is 10.4. The molecule has 120 valence electrons. The van der Waals surface area contributed by atoms with Gasteiger partial charge in [-0.25, -0.2) is 4.98 Å². The molecule has 1 saturated heterocycles. The highest BCUT2D eigenvalue weighted by Crippen LogP contribution is 2.32. The Morgan fingerprint density at radius 3 is 2.68 bits per heavy atom. The molecule has 2 aromatic heterocycles. The Kier molecular flexibility index (Phi) is 3.90. The minimum Gasteiger partial charge on any atom is -0.592 e. The summed E-state index contributed by atoms with van der Waals surface area (Å²) in [6, 6.07) is 0. The quantitative estimate of drug-likeness (QED) is 0.286. The first-order valence-electron chi connectivity index (χ1n) is 6.22. The summed E-state index contributed by atoms with van der Waals surface area (Å²) in [7, 11) is 0. The van der Waals surface area contributed by atoms with Gasteiger partial charge in [-0.05, 0) is 0 Å². The molecule has 1 aliphatic heterocycles. The molecule has 1 aliphatic rings. The molecule has 5 atom stereocenters. The Balaban J connectivity index is 2.09. The van der Waals surface area contributed by atoms with Gasteiger partial charge in [0.05, 0.1) is 24.3 Å². The fraction of sp³-hybridized carbons (Fsp3) is 0.500. The van der Waals surface area contributed by atoms with E-state index in [4.69, 9.17) is 20.7 Å². The van der Waals surface area contributed by atoms with E-state index in [1.165, 1.54) is 10.9 Å². The zero-order chi connectivity index (χ0) is 16.0. The van der Waals surface area contributed by atoms with Crippen molar-refractivity contribution < 1.29 is 24.6 Å². The predicted octanol–water partition coefficient (Wildman–Crippen LogP) is -3.00. The summed E-state index contributed by atoms with van der Waals surface area (Å²) >= 11 is -1.93. The average Bonchev–Trinajstić information content (AvgIpc) is 3.00. The molecule has 0 spiro atoms. The summed E-state index contributed by atoms with van der Waals surface area (Å²) in [5.74, 6) is -0.171. The van der Waals surface area contributed by atoms with E-state index < -0.39 is 42.5 Å². The Morgan fingerprint density at radius 2 is 2.09 bits per heavy atom. The second-order valence-electron chi connectivity index (χ2n) is 4.74. The topological polar surface area (TPSA) is 189 Å². The number of aliphatic hydroxyl groups is 3. The number of nitrogen functional groups attached to an aromatic ring is 1. The lowest BCUT2D eigenvalue weighted by Crippen LogP contribution is -2.33. The lowest BCUT2D eigenvalue weighted by Gasteiger charge is -2.16. The highest BCUT2D eigenvalue weighted by atomic mass is 32.2. The monoisotopic (exact) mass is 330 g/mol. The molecule has 2 aromatic rings. The van der Waals surface area contributed by atoms with E-state index in [1.54, 1.807) is 0 Å². The Labute approximate surface area is 126 Å². The summed E-state index contributed by atoms with van der Waals surface area (Å²) in [5.41, 5.74) is 5.85. The van der Waals surface area contributed by atoms with E-state index in [9.17, 15) is 14.8 Å². The van der Waals surface area contributed by atoms with Crippen LogP contribution in [0, 0.1) is 0 Å². The van der Waals surface area contributed by atoms with Crippen LogP contribution in [-0.4, -0.2) is 64.3 Å². The zero-order valence-corrected chi connectivity index (χ0v) is 11.9. The van der Waals surface area contributed by atoms with E-state index in [2.05, 4.69) is 15.0 Å². The average molecular weight is 330 g/mol. The van der Waals surface area contributed by atoms with Gasteiger partial charge in [0.1, 0.15) is 18.3 Å². The van der Waals surface area contributed by atoms with E-state index in [-0.39, 0.29) is 22.1 Å². The number of ether oxygens (including phenoxy) is 1. The fourth-order valence-corrected chi connectivity index (χ4v) is 2.86. The molecule has 7 N–H and O–H groups in total. The number of aromatic nitrogens is 4. The number of fused-ring (bicyclic) bond motifs is 1. The second kappa shape index (κ2) is 5.58. The van der Waals surface area contributed by atoms with Gasteiger partial charge >= 0.3 is 0 Å². The molecule has 12 heteroatoms. The standard InChI is InChI=1S/C10H14N6O5S/c11-10-14-7-4(8(15-10)22(12)20)13-2-16(7)9-6(19)5(18)3(1-17)21-9/h2-3,5-6,9,17-19H,1,12H2,(H2,11,14,15)/t3-,5-,6-,9+,22?/m0/s1. The first-order valence-corrected chi connectivity index (χ1v) is 7.44. The van der Waals surface area contributed by atoms with Crippen LogP contribution in [0.3, 0.4) is 0 Å². The molecule has 0 radical (unpaired) electrons. The van der Waals surface area contributed by atoms with Crippen molar-refractivity contribution in [2.75, 3.05) is 12.3 Å². The molecule has 0 aliphatic carbocycles. The zero-order valence-electron chi connectivity index (χ0n) is 11.1. The molecular formula is C10H14N6O5S. The van der Waals surface area contributed by atoms with Gasteiger partial charge in [0.25, 0.3) is 5.03 Å². The smallest absolute Gasteiger partial charge is 0.298 e. The maximum atomic E-state index is 11.5. The largest absolute Gasteiger partial charge is 0.592 e. The number of rotatable bonds is 3. The lowest BCUT2D eigenvalue weighted by molar-refractivity contribution is -0.0511. The van der Waals surface area contributed by atoms with Gasteiger partial charge in [0, 0.05) is 0 Å². The van der Waals surface area contributed by atoms with Gasteiger partial charge in [-0.15, -0.1) is 5.14 Å². The van der Waals surface area contributed by atoms with Crippen LogP contribution in [0.2, 0.25) is 0 Å². The Hall–Kier alpha value is -1.54. The van der Waals surface area contributed by atoms with E-state index in [0.29, 0.717) is 0 Å². The minimum absolute atomic E-state index is 0.0482. The SMILES string of the molecule is Nc1nc([S+](N)[O-])c2ncn([C@@H]3O[C@@H](CO)[C@H](O)[C@@H]3O)c2n1. The molecule has 11 nitrogen and oxygen atoms in total. The van der Waals surface area contributed by atoms with Gasteiger partial charge in [-0.1, -0.05) is 0 Å². The number of hydrogen-bond acceptors (Lipinski definition) is 10. The summed E-state index contributed by atoms with van der Waals surface area (Å²) in [4.78, 5) is 11.8. The van der Waals surface area contributed by atoms with Gasteiger partial charge in [0.2, 0.25) is 5.95 Å². The number of imidazole rings is 1. The van der Waals surface area contributed by atoms with Crippen molar-refractivity contribution in [2.45, 2.75) is 29.6 Å². The van der Waals surface area contributed by atoms with Crippen molar-refractivity contribution in [2.24, 2.45) is 5.14 Å². The van der Waals surface area contributed by atoms with Crippen LogP contribution in [0.5, 0.6) is 0 Å². The molecule has 0 amide bonds. The van der Waals surface area contributed by atoms with E-state index in [1.807, 2.05) is 0 Å². The van der Waals surface area contributed by atoms with Crippen molar-refractivity contribution in [1.82, 2.24) is 19.5 Å². The number of anilines is 1. The molecule has 22 heavy (non-hydrogen) atoms. The molecule has 3 rings (SSSR count). The number of hydrogen-bond donors (Lipinski definition) is 5. The van der Waals surface area contributed by atoms with Crippen molar-refractivity contribution in [3.05, 3.63) is 6.33 Å². The lowest BCUT2D eigenvalue weighted by atomic mass is 10.1. The molecule has 0 bridgehead atoms. The second-order valence-corrected chi connectivity index (χ2v) is 5.72. The van der Waals surface area contributed by atoms with Crippen molar-refractivity contribution >= 4 is 28.5 Å². The first kappa shape index (κ1) is 15.4. The molecular weight excluding hydrogens is 316 g/mol. The summed E-state index contributed by atoms with van der Waals surface area (Å²) in [6.07, 6.45) is -3.28. The Morgan fingerprint density at radius 1 is 1.36 bits per heavy atom. The maximum Gasteiger partial charge on any atom is 0.298 e. The van der Waals surface area contributed by atoms with Crippen LogP contribution in [-0.2, 0) is 16.1 Å². The molecule has 1 fully saturated rings. The van der Waals surface area contributed by atoms with Crippen molar-refractivity contribution in [1.29, 1.82) is 0 Å². The van der Waals surface area contributed by atoms with Crippen molar-refractivity contribution in [3.8, 4) is 0 Å². The van der Waals surface area contributed by atoms with Crippen LogP contribution in [0.15, 0.2) is 11.4 Å². The van der Waals surface area contributed by atoms with E-state index >= 15 is 0 Å². The maximum absolute atomic E-state index is 11.5. The van der Waals surface area contributed by atoms with Gasteiger partial charge in [0.15, 0.2) is 17.4 Å². The highest BCUT2D eigenvalue weighted by Gasteiger charge is 2.44. The van der Waals surface area contributed by atoms with Crippen LogP contribution < -0.4 is 10.9 Å².